The number of amides is 3. The van der Waals surface area contributed by atoms with Crippen LogP contribution in [0.15, 0.2) is 36.7 Å². The summed E-state index contributed by atoms with van der Waals surface area (Å²) in [6.45, 7) is 0.545. The number of carbonyl (C=O) groups excluding carboxylic acids is 2. The van der Waals surface area contributed by atoms with Gasteiger partial charge in [0.05, 0.1) is 6.20 Å². The summed E-state index contributed by atoms with van der Waals surface area (Å²) in [5, 5.41) is 12.1. The first kappa shape index (κ1) is 17.5. The maximum atomic E-state index is 12.2. The summed E-state index contributed by atoms with van der Waals surface area (Å²) in [5.41, 5.74) is 2.23. The van der Waals surface area contributed by atoms with Gasteiger partial charge in [-0.15, -0.1) is 0 Å². The van der Waals surface area contributed by atoms with E-state index < -0.39 is 0 Å². The van der Waals surface area contributed by atoms with Gasteiger partial charge in [-0.25, -0.2) is 4.79 Å². The Hall–Kier alpha value is -2.87. The number of carbonyl (C=O) groups is 2. The normalized spacial score (nSPS) is 10.2. The molecule has 0 saturated heterocycles. The number of urea groups is 1. The molecule has 0 aliphatic carbocycles. The number of benzene rings is 1. The van der Waals surface area contributed by atoms with Crippen molar-refractivity contribution in [3.8, 4) is 0 Å². The molecule has 24 heavy (non-hydrogen) atoms. The molecule has 2 rings (SSSR count). The van der Waals surface area contributed by atoms with E-state index in [9.17, 15) is 9.59 Å². The van der Waals surface area contributed by atoms with E-state index >= 15 is 0 Å². The van der Waals surface area contributed by atoms with Crippen LogP contribution in [-0.2, 0) is 16.0 Å². The van der Waals surface area contributed by atoms with Crippen molar-refractivity contribution in [3.05, 3.63) is 42.2 Å². The average molecular weight is 331 g/mol. The molecule has 128 valence electrons. The first-order chi connectivity index (χ1) is 11.6. The minimum atomic E-state index is -0.252. The summed E-state index contributed by atoms with van der Waals surface area (Å²) >= 11 is 0. The number of H-pyrrole nitrogens is 1. The minimum absolute atomic E-state index is 0.0205. The molecule has 0 aliphatic rings. The van der Waals surface area contributed by atoms with Crippen molar-refractivity contribution in [3.63, 3.8) is 0 Å². The summed E-state index contributed by atoms with van der Waals surface area (Å²) in [6, 6.07) is 6.72. The van der Waals surface area contributed by atoms with Crippen molar-refractivity contribution in [2.75, 3.05) is 37.9 Å². The molecule has 1 heterocycles. The lowest BCUT2D eigenvalue weighted by atomic mass is 10.2. The predicted octanol–water partition coefficient (Wildman–Crippen LogP) is 1.70. The Kier molecular flexibility index (Phi) is 6.32. The van der Waals surface area contributed by atoms with Crippen molar-refractivity contribution in [1.82, 2.24) is 15.1 Å². The van der Waals surface area contributed by atoms with Gasteiger partial charge in [0, 0.05) is 38.3 Å². The number of likely N-dealkylation sites (N-methyl/N-ethyl adjacent to an activating group) is 1. The number of hydrogen-bond donors (Lipinski definition) is 3. The lowest BCUT2D eigenvalue weighted by Crippen LogP contribution is -2.33. The molecule has 0 unspecified atom stereocenters. The van der Waals surface area contributed by atoms with Gasteiger partial charge in [-0.3, -0.25) is 9.89 Å². The molecule has 3 amide bonds. The summed E-state index contributed by atoms with van der Waals surface area (Å²) in [6.07, 6.45) is 4.25. The van der Waals surface area contributed by atoms with Gasteiger partial charge in [0.2, 0.25) is 5.91 Å². The third-order valence-corrected chi connectivity index (χ3v) is 3.31. The van der Waals surface area contributed by atoms with Crippen molar-refractivity contribution in [2.24, 2.45) is 0 Å². The molecule has 0 radical (unpaired) electrons. The molecule has 0 saturated carbocycles. The Morgan fingerprint density at radius 1 is 1.29 bits per heavy atom. The fourth-order valence-electron chi connectivity index (χ4n) is 2.03. The molecule has 3 N–H and O–H groups in total. The molecule has 8 heteroatoms. The van der Waals surface area contributed by atoms with Crippen molar-refractivity contribution in [2.45, 2.75) is 6.42 Å². The molecule has 0 aliphatic heterocycles. The molecule has 0 fully saturated rings. The van der Waals surface area contributed by atoms with Crippen LogP contribution in [0, 0.1) is 0 Å². The Bertz CT molecular complexity index is 672. The van der Waals surface area contributed by atoms with Crippen LogP contribution in [0.5, 0.6) is 0 Å². The third kappa shape index (κ3) is 5.40. The molecule has 8 nitrogen and oxygen atoms in total. The lowest BCUT2D eigenvalue weighted by molar-refractivity contribution is -0.119. The Balaban J connectivity index is 1.87. The van der Waals surface area contributed by atoms with E-state index in [1.54, 1.807) is 48.6 Å². The van der Waals surface area contributed by atoms with Crippen LogP contribution in [0.2, 0.25) is 0 Å². The molecule has 0 bridgehead atoms. The highest BCUT2D eigenvalue weighted by molar-refractivity contribution is 5.94. The van der Waals surface area contributed by atoms with Crippen LogP contribution in [-0.4, -0.2) is 54.3 Å². The predicted molar refractivity (Wildman–Crippen MR) is 90.9 cm³/mol. The van der Waals surface area contributed by atoms with Gasteiger partial charge in [0.25, 0.3) is 0 Å². The van der Waals surface area contributed by atoms with Crippen molar-refractivity contribution < 1.29 is 14.3 Å². The third-order valence-electron chi connectivity index (χ3n) is 3.31. The second kappa shape index (κ2) is 8.68. The summed E-state index contributed by atoms with van der Waals surface area (Å²) in [7, 11) is 3.18. The van der Waals surface area contributed by atoms with E-state index in [2.05, 4.69) is 20.8 Å². The Morgan fingerprint density at radius 2 is 2.04 bits per heavy atom. The van der Waals surface area contributed by atoms with E-state index in [4.69, 9.17) is 4.74 Å². The SMILES string of the molecule is COCC(=O)Nc1cccc(NC(=O)N(C)CCc2cn[nH]c2)c1. The van der Waals surface area contributed by atoms with Gasteiger partial charge >= 0.3 is 6.03 Å². The first-order valence-electron chi connectivity index (χ1n) is 7.47. The molecule has 1 aromatic carbocycles. The van der Waals surface area contributed by atoms with Gasteiger partial charge in [0.1, 0.15) is 6.61 Å². The number of methoxy groups -OCH3 is 1. The number of aromatic nitrogens is 2. The van der Waals surface area contributed by atoms with Crippen molar-refractivity contribution >= 4 is 23.3 Å². The molecular formula is C16H21N5O3. The van der Waals surface area contributed by atoms with Gasteiger partial charge in [-0.1, -0.05) is 6.07 Å². The largest absolute Gasteiger partial charge is 0.375 e. The molecule has 0 spiro atoms. The fraction of sp³-hybridized carbons (Fsp3) is 0.312. The zero-order valence-electron chi connectivity index (χ0n) is 13.7. The number of rotatable bonds is 7. The lowest BCUT2D eigenvalue weighted by Gasteiger charge is -2.18. The molecule has 1 aromatic heterocycles. The number of hydrogen-bond acceptors (Lipinski definition) is 4. The number of anilines is 2. The summed E-state index contributed by atoms with van der Waals surface area (Å²) in [4.78, 5) is 25.3. The van der Waals surface area contributed by atoms with Gasteiger partial charge in [-0.2, -0.15) is 5.10 Å². The smallest absolute Gasteiger partial charge is 0.321 e. The summed E-state index contributed by atoms with van der Waals surface area (Å²) < 4.78 is 4.76. The number of nitrogens with zero attached hydrogens (tertiary/aromatic N) is 2. The van der Waals surface area contributed by atoms with E-state index in [-0.39, 0.29) is 18.5 Å². The highest BCUT2D eigenvalue weighted by Crippen LogP contribution is 2.15. The van der Waals surface area contributed by atoms with E-state index in [1.807, 2.05) is 0 Å². The zero-order chi connectivity index (χ0) is 17.4. The number of nitrogens with one attached hydrogen (secondary N) is 3. The highest BCUT2D eigenvalue weighted by atomic mass is 16.5. The van der Waals surface area contributed by atoms with E-state index in [0.29, 0.717) is 24.3 Å². The van der Waals surface area contributed by atoms with Gasteiger partial charge in [-0.05, 0) is 30.2 Å². The van der Waals surface area contributed by atoms with Crippen LogP contribution >= 0.6 is 0 Å². The number of aromatic amines is 1. The average Bonchev–Trinajstić information content (AvgIpc) is 3.06. The van der Waals surface area contributed by atoms with Gasteiger partial charge < -0.3 is 20.3 Å². The van der Waals surface area contributed by atoms with Crippen LogP contribution < -0.4 is 10.6 Å². The van der Waals surface area contributed by atoms with E-state index in [1.165, 1.54) is 7.11 Å². The fourth-order valence-corrected chi connectivity index (χ4v) is 2.03. The van der Waals surface area contributed by atoms with E-state index in [0.717, 1.165) is 5.56 Å². The zero-order valence-corrected chi connectivity index (χ0v) is 13.7. The van der Waals surface area contributed by atoms with Crippen LogP contribution in [0.3, 0.4) is 0 Å². The maximum Gasteiger partial charge on any atom is 0.321 e. The molecular weight excluding hydrogens is 310 g/mol. The van der Waals surface area contributed by atoms with Gasteiger partial charge in [0.15, 0.2) is 0 Å². The molecule has 2 aromatic rings. The van der Waals surface area contributed by atoms with Crippen LogP contribution in [0.4, 0.5) is 16.2 Å². The standard InChI is InChI=1S/C16H21N5O3/c1-21(7-6-12-9-17-18-10-12)16(23)20-14-5-3-4-13(8-14)19-15(22)11-24-2/h3-5,8-10H,6-7,11H2,1-2H3,(H,17,18)(H,19,22)(H,20,23). The quantitative estimate of drug-likeness (QED) is 0.719. The van der Waals surface area contributed by atoms with Crippen LogP contribution in [0.1, 0.15) is 5.56 Å². The van der Waals surface area contributed by atoms with Crippen LogP contribution in [0.25, 0.3) is 0 Å². The maximum absolute atomic E-state index is 12.2. The second-order valence-electron chi connectivity index (χ2n) is 5.27. The minimum Gasteiger partial charge on any atom is -0.375 e. The monoisotopic (exact) mass is 331 g/mol. The topological polar surface area (TPSA) is 99.3 Å². The van der Waals surface area contributed by atoms with Crippen molar-refractivity contribution in [1.29, 1.82) is 0 Å². The molecule has 0 atom stereocenters. The first-order valence-corrected chi connectivity index (χ1v) is 7.47. The Morgan fingerprint density at radius 3 is 2.71 bits per heavy atom. The summed E-state index contributed by atoms with van der Waals surface area (Å²) in [5.74, 6) is -0.252. The Labute approximate surface area is 140 Å². The number of ether oxygens (including phenoxy) is 1. The second-order valence-corrected chi connectivity index (χ2v) is 5.27. The highest BCUT2D eigenvalue weighted by Gasteiger charge is 2.10.